The SMILES string of the molecule is CCN(CC)c1ccc(NC(=S)Nc2cccc(C(C)C)c2)c(C)c1. The van der Waals surface area contributed by atoms with Crippen LogP contribution in [0.15, 0.2) is 42.5 Å². The van der Waals surface area contributed by atoms with E-state index in [9.17, 15) is 0 Å². The maximum atomic E-state index is 5.48. The molecule has 0 amide bonds. The predicted molar refractivity (Wildman–Crippen MR) is 115 cm³/mol. The Morgan fingerprint density at radius 1 is 1.04 bits per heavy atom. The third kappa shape index (κ3) is 5.20. The summed E-state index contributed by atoms with van der Waals surface area (Å²) < 4.78 is 0. The quantitative estimate of drug-likeness (QED) is 0.643. The van der Waals surface area contributed by atoms with Crippen LogP contribution < -0.4 is 15.5 Å². The number of nitrogens with one attached hydrogen (secondary N) is 2. The van der Waals surface area contributed by atoms with Gasteiger partial charge in [0.25, 0.3) is 0 Å². The first-order valence-corrected chi connectivity index (χ1v) is 9.39. The molecule has 2 rings (SSSR count). The molecule has 0 heterocycles. The fraction of sp³-hybridized carbons (Fsp3) is 0.381. The van der Waals surface area contributed by atoms with Gasteiger partial charge in [-0.25, -0.2) is 0 Å². The fourth-order valence-corrected chi connectivity index (χ4v) is 3.06. The molecule has 0 aliphatic heterocycles. The van der Waals surface area contributed by atoms with Gasteiger partial charge < -0.3 is 15.5 Å². The van der Waals surface area contributed by atoms with E-state index in [2.05, 4.69) is 86.6 Å². The Morgan fingerprint density at radius 3 is 2.36 bits per heavy atom. The second-order valence-corrected chi connectivity index (χ2v) is 6.94. The van der Waals surface area contributed by atoms with E-state index in [1.54, 1.807) is 0 Å². The van der Waals surface area contributed by atoms with Gasteiger partial charge in [0.1, 0.15) is 0 Å². The Kier molecular flexibility index (Phi) is 6.82. The van der Waals surface area contributed by atoms with E-state index in [0.717, 1.165) is 24.5 Å². The molecule has 4 heteroatoms. The number of nitrogens with zero attached hydrogens (tertiary/aromatic N) is 1. The van der Waals surface area contributed by atoms with E-state index in [1.807, 2.05) is 6.07 Å². The molecule has 0 saturated carbocycles. The molecule has 0 radical (unpaired) electrons. The van der Waals surface area contributed by atoms with Crippen molar-refractivity contribution >= 4 is 34.4 Å². The molecule has 0 unspecified atom stereocenters. The van der Waals surface area contributed by atoms with Crippen LogP contribution in [-0.2, 0) is 0 Å². The van der Waals surface area contributed by atoms with E-state index >= 15 is 0 Å². The highest BCUT2D eigenvalue weighted by Crippen LogP contribution is 2.23. The molecule has 2 aromatic rings. The van der Waals surface area contributed by atoms with Crippen molar-refractivity contribution in [3.8, 4) is 0 Å². The number of thiocarbonyl (C=S) groups is 1. The zero-order valence-corrected chi connectivity index (χ0v) is 16.7. The van der Waals surface area contributed by atoms with Crippen molar-refractivity contribution in [3.05, 3.63) is 53.6 Å². The zero-order valence-electron chi connectivity index (χ0n) is 15.9. The highest BCUT2D eigenvalue weighted by atomic mass is 32.1. The van der Waals surface area contributed by atoms with Crippen molar-refractivity contribution in [3.63, 3.8) is 0 Å². The number of benzene rings is 2. The maximum absolute atomic E-state index is 5.48. The molecule has 0 saturated heterocycles. The number of aryl methyl sites for hydroxylation is 1. The molecule has 0 fully saturated rings. The summed E-state index contributed by atoms with van der Waals surface area (Å²) in [5.41, 5.74) is 5.78. The topological polar surface area (TPSA) is 27.3 Å². The number of hydrogen-bond donors (Lipinski definition) is 2. The summed E-state index contributed by atoms with van der Waals surface area (Å²) in [7, 11) is 0. The second-order valence-electron chi connectivity index (χ2n) is 6.53. The van der Waals surface area contributed by atoms with Crippen molar-refractivity contribution in [2.24, 2.45) is 0 Å². The minimum Gasteiger partial charge on any atom is -0.372 e. The molecule has 0 aliphatic rings. The standard InChI is InChI=1S/C21H29N3S/c1-6-24(7-2)19-11-12-20(16(5)13-19)23-21(25)22-18-10-8-9-17(14-18)15(3)4/h8-15H,6-7H2,1-5H3,(H2,22,23,25). The fourth-order valence-electron chi connectivity index (χ4n) is 2.83. The van der Waals surface area contributed by atoms with Crippen molar-refractivity contribution in [1.82, 2.24) is 0 Å². The molecule has 0 bridgehead atoms. The van der Waals surface area contributed by atoms with Crippen LogP contribution in [0.2, 0.25) is 0 Å². The third-order valence-corrected chi connectivity index (χ3v) is 4.60. The van der Waals surface area contributed by atoms with Gasteiger partial charge in [-0.2, -0.15) is 0 Å². The van der Waals surface area contributed by atoms with Gasteiger partial charge >= 0.3 is 0 Å². The second kappa shape index (κ2) is 8.86. The average Bonchev–Trinajstić information content (AvgIpc) is 2.58. The van der Waals surface area contributed by atoms with Crippen LogP contribution in [0.1, 0.15) is 44.7 Å². The lowest BCUT2D eigenvalue weighted by Crippen LogP contribution is -2.22. The first-order chi connectivity index (χ1) is 11.9. The summed E-state index contributed by atoms with van der Waals surface area (Å²) in [6, 6.07) is 14.8. The Bertz CT molecular complexity index is 721. The first-order valence-electron chi connectivity index (χ1n) is 8.98. The van der Waals surface area contributed by atoms with E-state index in [-0.39, 0.29) is 0 Å². The van der Waals surface area contributed by atoms with Gasteiger partial charge in [0, 0.05) is 30.2 Å². The monoisotopic (exact) mass is 355 g/mol. The number of rotatable bonds is 6. The Hall–Kier alpha value is -2.07. The van der Waals surface area contributed by atoms with Gasteiger partial charge in [-0.05, 0) is 80.4 Å². The van der Waals surface area contributed by atoms with Crippen LogP contribution in [0.4, 0.5) is 17.1 Å². The Labute approximate surface area is 157 Å². The molecule has 134 valence electrons. The largest absolute Gasteiger partial charge is 0.372 e. The molecule has 25 heavy (non-hydrogen) atoms. The van der Waals surface area contributed by atoms with Crippen molar-refractivity contribution in [2.45, 2.75) is 40.5 Å². The van der Waals surface area contributed by atoms with Crippen molar-refractivity contribution in [2.75, 3.05) is 28.6 Å². The van der Waals surface area contributed by atoms with Crippen LogP contribution >= 0.6 is 12.2 Å². The molecule has 0 spiro atoms. The van der Waals surface area contributed by atoms with Gasteiger partial charge in [0.2, 0.25) is 0 Å². The molecular formula is C21H29N3S. The van der Waals surface area contributed by atoms with E-state index in [1.165, 1.54) is 16.8 Å². The number of hydrogen-bond acceptors (Lipinski definition) is 2. The molecule has 2 aromatic carbocycles. The summed E-state index contributed by atoms with van der Waals surface area (Å²) in [5.74, 6) is 0.498. The molecule has 2 N–H and O–H groups in total. The van der Waals surface area contributed by atoms with Crippen LogP contribution in [0, 0.1) is 6.92 Å². The van der Waals surface area contributed by atoms with Crippen LogP contribution in [0.5, 0.6) is 0 Å². The van der Waals surface area contributed by atoms with Gasteiger partial charge in [-0.1, -0.05) is 26.0 Å². The molecular weight excluding hydrogens is 326 g/mol. The molecule has 0 aromatic heterocycles. The zero-order chi connectivity index (χ0) is 18.4. The van der Waals surface area contributed by atoms with Gasteiger partial charge in [-0.15, -0.1) is 0 Å². The van der Waals surface area contributed by atoms with Crippen molar-refractivity contribution in [1.29, 1.82) is 0 Å². The normalized spacial score (nSPS) is 10.6. The van der Waals surface area contributed by atoms with E-state index in [4.69, 9.17) is 12.2 Å². The van der Waals surface area contributed by atoms with Gasteiger partial charge in [0.15, 0.2) is 5.11 Å². The predicted octanol–water partition coefficient (Wildman–Crippen LogP) is 5.77. The molecule has 3 nitrogen and oxygen atoms in total. The van der Waals surface area contributed by atoms with Crippen molar-refractivity contribution < 1.29 is 0 Å². The van der Waals surface area contributed by atoms with Crippen LogP contribution in [0.25, 0.3) is 0 Å². The smallest absolute Gasteiger partial charge is 0.175 e. The summed E-state index contributed by atoms with van der Waals surface area (Å²) in [5, 5.41) is 7.20. The Morgan fingerprint density at radius 2 is 1.76 bits per heavy atom. The molecule has 0 aliphatic carbocycles. The van der Waals surface area contributed by atoms with Gasteiger partial charge in [-0.3, -0.25) is 0 Å². The minimum absolute atomic E-state index is 0.498. The van der Waals surface area contributed by atoms with E-state index in [0.29, 0.717) is 11.0 Å². The van der Waals surface area contributed by atoms with Gasteiger partial charge in [0.05, 0.1) is 0 Å². The summed E-state index contributed by atoms with van der Waals surface area (Å²) in [4.78, 5) is 2.34. The van der Waals surface area contributed by atoms with Crippen LogP contribution in [-0.4, -0.2) is 18.2 Å². The lowest BCUT2D eigenvalue weighted by molar-refractivity contribution is 0.866. The average molecular weight is 356 g/mol. The summed E-state index contributed by atoms with van der Waals surface area (Å²) in [6.45, 7) is 12.9. The van der Waals surface area contributed by atoms with Crippen LogP contribution in [0.3, 0.4) is 0 Å². The minimum atomic E-state index is 0.498. The Balaban J connectivity index is 2.06. The lowest BCUT2D eigenvalue weighted by atomic mass is 10.0. The maximum Gasteiger partial charge on any atom is 0.175 e. The summed E-state index contributed by atoms with van der Waals surface area (Å²) >= 11 is 5.48. The molecule has 0 atom stereocenters. The van der Waals surface area contributed by atoms with E-state index < -0.39 is 0 Å². The highest BCUT2D eigenvalue weighted by Gasteiger charge is 2.07. The number of anilines is 3. The first kappa shape index (κ1) is 19.3. The highest BCUT2D eigenvalue weighted by molar-refractivity contribution is 7.80. The summed E-state index contributed by atoms with van der Waals surface area (Å²) in [6.07, 6.45) is 0. The third-order valence-electron chi connectivity index (χ3n) is 4.40. The lowest BCUT2D eigenvalue weighted by Gasteiger charge is -2.22.